The number of para-hydroxylation sites is 1. The highest BCUT2D eigenvalue weighted by Crippen LogP contribution is 2.25. The molecule has 3 nitrogen and oxygen atoms in total. The van der Waals surface area contributed by atoms with Gasteiger partial charge in [-0.3, -0.25) is 0 Å². The Labute approximate surface area is 130 Å². The maximum atomic E-state index is 13.1. The van der Waals surface area contributed by atoms with Gasteiger partial charge in [0.05, 0.1) is 5.56 Å². The van der Waals surface area contributed by atoms with Gasteiger partial charge < -0.3 is 5.73 Å². The summed E-state index contributed by atoms with van der Waals surface area (Å²) in [5.74, 6) is 0.520. The molecule has 0 fully saturated rings. The molecule has 0 aromatic heterocycles. The average molecular weight is 298 g/mol. The van der Waals surface area contributed by atoms with Crippen molar-refractivity contribution in [1.29, 1.82) is 5.41 Å². The molecule has 22 heavy (non-hydrogen) atoms. The summed E-state index contributed by atoms with van der Waals surface area (Å²) in [6.45, 7) is 5.94. The summed E-state index contributed by atoms with van der Waals surface area (Å²) >= 11 is 0. The summed E-state index contributed by atoms with van der Waals surface area (Å²) in [7, 11) is 0. The Morgan fingerprint density at radius 3 is 2.14 bits per heavy atom. The van der Waals surface area contributed by atoms with Gasteiger partial charge in [-0.1, -0.05) is 25.1 Å². The molecule has 0 heterocycles. The van der Waals surface area contributed by atoms with Crippen molar-refractivity contribution in [1.82, 2.24) is 0 Å². The second-order valence-electron chi connectivity index (χ2n) is 5.28. The number of halogens is 1. The number of hydrogen-bond acceptors (Lipinski definition) is 1. The van der Waals surface area contributed by atoms with E-state index in [2.05, 4.69) is 0 Å². The number of benzene rings is 2. The molecule has 0 spiro atoms. The molecule has 2 aromatic rings. The molecule has 0 atom stereocenters. The van der Waals surface area contributed by atoms with Gasteiger partial charge in [0.2, 0.25) is 0 Å². The maximum Gasteiger partial charge on any atom is 0.266 e. The van der Waals surface area contributed by atoms with Crippen LogP contribution in [0.15, 0.2) is 42.5 Å². The highest BCUT2D eigenvalue weighted by atomic mass is 19.1. The predicted octanol–water partition coefficient (Wildman–Crippen LogP) is 3.88. The summed E-state index contributed by atoms with van der Waals surface area (Å²) < 4.78 is 14.9. The molecule has 2 aromatic carbocycles. The zero-order valence-corrected chi connectivity index (χ0v) is 13.2. The highest BCUT2D eigenvalue weighted by Gasteiger charge is 2.21. The lowest BCUT2D eigenvalue weighted by atomic mass is 10.1. The Bertz CT molecular complexity index is 710. The molecule has 2 rings (SSSR count). The third-order valence-corrected chi connectivity index (χ3v) is 3.65. The Kier molecular flexibility index (Phi) is 4.71. The largest absolute Gasteiger partial charge is 0.322 e. The fourth-order valence-corrected chi connectivity index (χ4v) is 2.45. The van der Waals surface area contributed by atoms with Crippen LogP contribution in [0.3, 0.4) is 0 Å². The van der Waals surface area contributed by atoms with E-state index in [1.807, 2.05) is 39.0 Å². The van der Waals surface area contributed by atoms with Gasteiger partial charge >= 0.3 is 0 Å². The van der Waals surface area contributed by atoms with Crippen LogP contribution in [0.2, 0.25) is 0 Å². The molecule has 3 N–H and O–H groups in total. The van der Waals surface area contributed by atoms with E-state index in [4.69, 9.17) is 11.1 Å². The van der Waals surface area contributed by atoms with E-state index in [0.717, 1.165) is 16.8 Å². The summed E-state index contributed by atoms with van der Waals surface area (Å²) in [4.78, 5) is 0. The zero-order valence-electron chi connectivity index (χ0n) is 13.2. The molecule has 0 bridgehead atoms. The molecular formula is C18H21FN3+. The summed E-state index contributed by atoms with van der Waals surface area (Å²) in [6.07, 6.45) is 0.622. The van der Waals surface area contributed by atoms with Gasteiger partial charge in [-0.05, 0) is 49.2 Å². The topological polar surface area (TPSA) is 52.9 Å². The molecule has 0 unspecified atom stereocenters. The summed E-state index contributed by atoms with van der Waals surface area (Å²) in [6, 6.07) is 11.9. The van der Waals surface area contributed by atoms with E-state index in [1.54, 1.807) is 16.7 Å². The third kappa shape index (κ3) is 3.06. The van der Waals surface area contributed by atoms with Crippen molar-refractivity contribution in [3.05, 3.63) is 65.0 Å². The van der Waals surface area contributed by atoms with E-state index in [1.165, 1.54) is 12.1 Å². The monoisotopic (exact) mass is 298 g/mol. The van der Waals surface area contributed by atoms with Gasteiger partial charge in [0, 0.05) is 6.42 Å². The Morgan fingerprint density at radius 1 is 1.09 bits per heavy atom. The maximum absolute atomic E-state index is 13.1. The number of amidine groups is 2. The number of hydrogen-bond donors (Lipinski definition) is 2. The average Bonchev–Trinajstić information content (AvgIpc) is 2.50. The molecule has 0 aliphatic carbocycles. The van der Waals surface area contributed by atoms with Crippen LogP contribution in [0, 0.1) is 25.1 Å². The summed E-state index contributed by atoms with van der Waals surface area (Å²) in [5.41, 5.74) is 9.81. The number of aryl methyl sites for hydroxylation is 2. The first-order chi connectivity index (χ1) is 10.5. The first kappa shape index (κ1) is 15.9. The SMILES string of the molecule is CCC(N)=[N+](C(=N)c1ccc(F)cc1)c1c(C)cccc1C. The van der Waals surface area contributed by atoms with Crippen LogP contribution in [0.4, 0.5) is 10.1 Å². The van der Waals surface area contributed by atoms with E-state index in [9.17, 15) is 4.39 Å². The molecule has 0 radical (unpaired) electrons. The lowest BCUT2D eigenvalue weighted by Crippen LogP contribution is -2.30. The minimum atomic E-state index is -0.317. The quantitative estimate of drug-likeness (QED) is 0.504. The zero-order chi connectivity index (χ0) is 16.3. The number of nitrogens with one attached hydrogen (secondary N) is 1. The fourth-order valence-electron chi connectivity index (χ4n) is 2.45. The predicted molar refractivity (Wildman–Crippen MR) is 88.6 cm³/mol. The smallest absolute Gasteiger partial charge is 0.266 e. The van der Waals surface area contributed by atoms with Gasteiger partial charge in [-0.2, -0.15) is 9.98 Å². The molecule has 0 saturated heterocycles. The molecule has 0 aliphatic heterocycles. The Balaban J connectivity index is 2.63. The highest BCUT2D eigenvalue weighted by molar-refractivity contribution is 5.96. The van der Waals surface area contributed by atoms with Gasteiger partial charge in [-0.15, -0.1) is 0 Å². The minimum Gasteiger partial charge on any atom is -0.322 e. The molecule has 0 saturated carbocycles. The van der Waals surface area contributed by atoms with Crippen molar-refractivity contribution in [3.63, 3.8) is 0 Å². The fraction of sp³-hybridized carbons (Fsp3) is 0.222. The van der Waals surface area contributed by atoms with Crippen LogP contribution in [-0.4, -0.2) is 16.2 Å². The lowest BCUT2D eigenvalue weighted by molar-refractivity contribution is -0.311. The van der Waals surface area contributed by atoms with Crippen molar-refractivity contribution in [2.45, 2.75) is 27.2 Å². The van der Waals surface area contributed by atoms with Crippen LogP contribution in [-0.2, 0) is 0 Å². The van der Waals surface area contributed by atoms with E-state index in [-0.39, 0.29) is 11.7 Å². The Morgan fingerprint density at radius 2 is 1.64 bits per heavy atom. The van der Waals surface area contributed by atoms with Crippen LogP contribution in [0.25, 0.3) is 0 Å². The van der Waals surface area contributed by atoms with Gasteiger partial charge in [0.1, 0.15) is 11.5 Å². The number of rotatable bonds is 3. The van der Waals surface area contributed by atoms with Crippen molar-refractivity contribution < 1.29 is 8.97 Å². The van der Waals surface area contributed by atoms with Crippen molar-refractivity contribution in [2.75, 3.05) is 0 Å². The number of nitrogens with two attached hydrogens (primary N) is 1. The third-order valence-electron chi connectivity index (χ3n) is 3.65. The van der Waals surface area contributed by atoms with Crippen LogP contribution >= 0.6 is 0 Å². The van der Waals surface area contributed by atoms with Crippen LogP contribution in [0.1, 0.15) is 30.0 Å². The standard InChI is InChI=1S/C18H20FN3/c1-4-16(20)22(17-12(2)6-5-7-13(17)3)18(21)14-8-10-15(19)11-9-14/h5-11,20-21H,4H2,1-3H3/p+1. The van der Waals surface area contributed by atoms with E-state index < -0.39 is 0 Å². The molecule has 0 amide bonds. The first-order valence-corrected chi connectivity index (χ1v) is 7.27. The molecule has 114 valence electrons. The molecule has 0 aliphatic rings. The van der Waals surface area contributed by atoms with Crippen LogP contribution < -0.4 is 5.73 Å². The van der Waals surface area contributed by atoms with E-state index in [0.29, 0.717) is 17.8 Å². The van der Waals surface area contributed by atoms with Crippen molar-refractivity contribution >= 4 is 17.4 Å². The van der Waals surface area contributed by atoms with Gasteiger partial charge in [0.15, 0.2) is 5.84 Å². The van der Waals surface area contributed by atoms with Crippen molar-refractivity contribution in [3.8, 4) is 0 Å². The van der Waals surface area contributed by atoms with Gasteiger partial charge in [0.25, 0.3) is 5.84 Å². The lowest BCUT2D eigenvalue weighted by Gasteiger charge is -2.15. The summed E-state index contributed by atoms with van der Waals surface area (Å²) in [5, 5.41) is 8.52. The second kappa shape index (κ2) is 6.52. The molecule has 4 heteroatoms. The normalized spacial score (nSPS) is 12.0. The van der Waals surface area contributed by atoms with E-state index >= 15 is 0 Å². The second-order valence-corrected chi connectivity index (χ2v) is 5.28. The van der Waals surface area contributed by atoms with Crippen LogP contribution in [0.5, 0.6) is 0 Å². The number of nitrogens with zero attached hydrogens (tertiary/aromatic N) is 1. The van der Waals surface area contributed by atoms with Crippen molar-refractivity contribution in [2.24, 2.45) is 5.73 Å². The Hall–Kier alpha value is -2.49. The first-order valence-electron chi connectivity index (χ1n) is 7.27. The van der Waals surface area contributed by atoms with Gasteiger partial charge in [-0.25, -0.2) is 4.39 Å². The molecular weight excluding hydrogens is 277 g/mol. The minimum absolute atomic E-state index is 0.247.